The Balaban J connectivity index is 3.37. The number of hydrogen-bond acceptors (Lipinski definition) is 5. The quantitative estimate of drug-likeness (QED) is 0.0320. The average molecular weight is 1050 g/mol. The molecule has 0 saturated heterocycles. The molecule has 6 heteroatoms. The monoisotopic (exact) mass is 1050 g/mol. The van der Waals surface area contributed by atoms with Crippen molar-refractivity contribution in [2.24, 2.45) is 0 Å². The van der Waals surface area contributed by atoms with E-state index in [4.69, 9.17) is 4.74 Å². The Bertz CT molecular complexity index is 1260. The molecule has 75 heavy (non-hydrogen) atoms. The summed E-state index contributed by atoms with van der Waals surface area (Å²) in [6, 6.07) is -0.540. The fourth-order valence-electron chi connectivity index (χ4n) is 10.2. The van der Waals surface area contributed by atoms with Crippen LogP contribution >= 0.6 is 0 Å². The predicted molar refractivity (Wildman–Crippen MR) is 329 cm³/mol. The van der Waals surface area contributed by atoms with Crippen LogP contribution in [-0.2, 0) is 14.3 Å². The number of nitrogens with one attached hydrogen (secondary N) is 1. The van der Waals surface area contributed by atoms with Gasteiger partial charge in [-0.2, -0.15) is 0 Å². The minimum Gasteiger partial charge on any atom is -0.466 e. The lowest BCUT2D eigenvalue weighted by Gasteiger charge is -2.22. The summed E-state index contributed by atoms with van der Waals surface area (Å²) in [5, 5.41) is 23.2. The third kappa shape index (κ3) is 60.9. The Hall–Kier alpha value is -2.18. The maximum absolute atomic E-state index is 12.4. The van der Waals surface area contributed by atoms with Gasteiger partial charge in [0.25, 0.3) is 0 Å². The van der Waals surface area contributed by atoms with Gasteiger partial charge in [0, 0.05) is 12.8 Å². The molecule has 1 amide bonds. The number of ether oxygens (including phenoxy) is 1. The van der Waals surface area contributed by atoms with Crippen molar-refractivity contribution in [3.05, 3.63) is 48.6 Å². The van der Waals surface area contributed by atoms with Crippen LogP contribution < -0.4 is 5.32 Å². The van der Waals surface area contributed by atoms with Gasteiger partial charge in [-0.1, -0.05) is 300 Å². The van der Waals surface area contributed by atoms with Crippen molar-refractivity contribution in [1.82, 2.24) is 5.32 Å². The van der Waals surface area contributed by atoms with Crippen LogP contribution in [0.15, 0.2) is 48.6 Å². The topological polar surface area (TPSA) is 95.9 Å². The first-order chi connectivity index (χ1) is 37.0. The lowest BCUT2D eigenvalue weighted by atomic mass is 10.0. The number of carbonyl (C=O) groups excluding carboxylic acids is 2. The molecule has 0 spiro atoms. The highest BCUT2D eigenvalue weighted by molar-refractivity contribution is 5.76. The summed E-state index contributed by atoms with van der Waals surface area (Å²) in [5.41, 5.74) is 0. The van der Waals surface area contributed by atoms with Crippen molar-refractivity contribution >= 4 is 11.9 Å². The van der Waals surface area contributed by atoms with E-state index in [0.29, 0.717) is 25.9 Å². The van der Waals surface area contributed by atoms with Gasteiger partial charge in [-0.05, 0) is 89.9 Å². The van der Waals surface area contributed by atoms with Crippen LogP contribution in [0.4, 0.5) is 0 Å². The van der Waals surface area contributed by atoms with Crippen LogP contribution in [-0.4, -0.2) is 47.4 Å². The van der Waals surface area contributed by atoms with E-state index in [1.54, 1.807) is 0 Å². The van der Waals surface area contributed by atoms with E-state index >= 15 is 0 Å². The number of carbonyl (C=O) groups is 2. The number of amides is 1. The van der Waals surface area contributed by atoms with Crippen molar-refractivity contribution in [1.29, 1.82) is 0 Å². The molecule has 0 heterocycles. The Morgan fingerprint density at radius 2 is 0.667 bits per heavy atom. The molecule has 0 aliphatic carbocycles. The molecule has 0 radical (unpaired) electrons. The first-order valence-corrected chi connectivity index (χ1v) is 33.4. The van der Waals surface area contributed by atoms with Crippen molar-refractivity contribution in [2.45, 2.75) is 366 Å². The van der Waals surface area contributed by atoms with Gasteiger partial charge in [0.1, 0.15) is 0 Å². The largest absolute Gasteiger partial charge is 0.466 e. The molecular weight excluding hydrogens is 923 g/mol. The molecule has 0 aromatic rings. The smallest absolute Gasteiger partial charge is 0.305 e. The van der Waals surface area contributed by atoms with Gasteiger partial charge in [0.05, 0.1) is 25.4 Å². The molecule has 0 aliphatic rings. The van der Waals surface area contributed by atoms with Crippen LogP contribution in [0.25, 0.3) is 0 Å². The third-order valence-electron chi connectivity index (χ3n) is 15.4. The SMILES string of the molecule is CCCCC/C=C\C/C=C\CCCCCCCCCC(=O)OCCCCCCCCCCC/C=C\C/C=C\CCCCCCCCCCCCCCCCCC(=O)NC(CO)C(O)CCCCCCCCCCCC. The van der Waals surface area contributed by atoms with Crippen LogP contribution in [0, 0.1) is 0 Å². The van der Waals surface area contributed by atoms with E-state index in [1.807, 2.05) is 0 Å². The third-order valence-corrected chi connectivity index (χ3v) is 15.4. The molecule has 0 aliphatic heterocycles. The fourth-order valence-corrected chi connectivity index (χ4v) is 10.2. The van der Waals surface area contributed by atoms with Crippen molar-refractivity contribution in [3.63, 3.8) is 0 Å². The molecule has 6 nitrogen and oxygen atoms in total. The number of allylic oxidation sites excluding steroid dienone is 8. The second-order valence-corrected chi connectivity index (χ2v) is 22.8. The maximum atomic E-state index is 12.4. The van der Waals surface area contributed by atoms with E-state index in [9.17, 15) is 19.8 Å². The maximum Gasteiger partial charge on any atom is 0.305 e. The van der Waals surface area contributed by atoms with Crippen molar-refractivity contribution in [2.75, 3.05) is 13.2 Å². The zero-order chi connectivity index (χ0) is 54.3. The second-order valence-electron chi connectivity index (χ2n) is 22.8. The number of unbranched alkanes of at least 4 members (excludes halogenated alkanes) is 43. The average Bonchev–Trinajstić information content (AvgIpc) is 3.41. The number of esters is 1. The Kier molecular flexibility index (Phi) is 62.5. The Morgan fingerprint density at radius 1 is 0.373 bits per heavy atom. The summed E-state index contributed by atoms with van der Waals surface area (Å²) < 4.78 is 5.49. The van der Waals surface area contributed by atoms with E-state index in [0.717, 1.165) is 57.8 Å². The minimum absolute atomic E-state index is 0.00524. The summed E-state index contributed by atoms with van der Waals surface area (Å²) in [6.45, 7) is 4.92. The highest BCUT2D eigenvalue weighted by Gasteiger charge is 2.20. The van der Waals surface area contributed by atoms with Crippen LogP contribution in [0.2, 0.25) is 0 Å². The molecule has 2 unspecified atom stereocenters. The fraction of sp³-hybridized carbons (Fsp3) is 0.855. The summed E-state index contributed by atoms with van der Waals surface area (Å²) >= 11 is 0. The summed E-state index contributed by atoms with van der Waals surface area (Å²) in [4.78, 5) is 24.5. The molecule has 0 saturated carbocycles. The van der Waals surface area contributed by atoms with Crippen LogP contribution in [0.3, 0.4) is 0 Å². The number of aliphatic hydroxyl groups is 2. The van der Waals surface area contributed by atoms with Gasteiger partial charge < -0.3 is 20.3 Å². The molecule has 2 atom stereocenters. The zero-order valence-corrected chi connectivity index (χ0v) is 50.3. The number of rotatable bonds is 62. The molecule has 0 rings (SSSR count). The van der Waals surface area contributed by atoms with Gasteiger partial charge in [0.15, 0.2) is 0 Å². The zero-order valence-electron chi connectivity index (χ0n) is 50.3. The first-order valence-electron chi connectivity index (χ1n) is 33.4. The second kappa shape index (κ2) is 64.3. The van der Waals surface area contributed by atoms with Crippen molar-refractivity contribution < 1.29 is 24.5 Å². The number of hydrogen-bond donors (Lipinski definition) is 3. The molecular formula is C69H129NO5. The van der Waals surface area contributed by atoms with Gasteiger partial charge in [-0.25, -0.2) is 0 Å². The standard InChI is InChI=1S/C69H129NO5/c1-3-5-7-9-11-13-15-16-17-33-37-40-43-47-51-55-59-63-69(74)75-64-60-56-52-48-44-41-38-35-32-30-28-26-24-22-20-18-19-21-23-25-27-29-31-34-36-39-42-46-50-54-58-62-68(73)70-66(65-71)67(72)61-57-53-49-45-14-12-10-8-6-4-2/h11,13,16-17,20,22,26,28,66-67,71-72H,3-10,12,14-15,18-19,21,23-25,27,29-65H2,1-2H3,(H,70,73)/b13-11-,17-16-,22-20-,28-26-. The van der Waals surface area contributed by atoms with E-state index < -0.39 is 12.1 Å². The minimum atomic E-state index is -0.662. The Morgan fingerprint density at radius 3 is 1.04 bits per heavy atom. The van der Waals surface area contributed by atoms with Gasteiger partial charge in [-0.15, -0.1) is 0 Å². The van der Waals surface area contributed by atoms with Crippen molar-refractivity contribution in [3.8, 4) is 0 Å². The van der Waals surface area contributed by atoms with E-state index in [1.165, 1.54) is 263 Å². The van der Waals surface area contributed by atoms with E-state index in [2.05, 4.69) is 67.8 Å². The lowest BCUT2D eigenvalue weighted by molar-refractivity contribution is -0.143. The molecule has 440 valence electrons. The van der Waals surface area contributed by atoms with Gasteiger partial charge in [0.2, 0.25) is 5.91 Å². The first kappa shape index (κ1) is 72.8. The highest BCUT2D eigenvalue weighted by atomic mass is 16.5. The lowest BCUT2D eigenvalue weighted by Crippen LogP contribution is -2.45. The number of aliphatic hydroxyl groups excluding tert-OH is 2. The highest BCUT2D eigenvalue weighted by Crippen LogP contribution is 2.17. The molecule has 3 N–H and O–H groups in total. The molecule has 0 aromatic carbocycles. The molecule has 0 bridgehead atoms. The van der Waals surface area contributed by atoms with Crippen LogP contribution in [0.5, 0.6) is 0 Å². The summed E-state index contributed by atoms with van der Waals surface area (Å²) in [6.07, 6.45) is 83.0. The molecule has 0 aromatic heterocycles. The van der Waals surface area contributed by atoms with Gasteiger partial charge >= 0.3 is 5.97 Å². The molecule has 0 fully saturated rings. The van der Waals surface area contributed by atoms with E-state index in [-0.39, 0.29) is 18.5 Å². The summed E-state index contributed by atoms with van der Waals surface area (Å²) in [7, 11) is 0. The van der Waals surface area contributed by atoms with Crippen LogP contribution in [0.1, 0.15) is 354 Å². The van der Waals surface area contributed by atoms with Gasteiger partial charge in [-0.3, -0.25) is 9.59 Å². The summed E-state index contributed by atoms with van der Waals surface area (Å²) in [5.74, 6) is -0.0301. The normalized spacial score (nSPS) is 12.9. The Labute approximate surface area is 467 Å². The predicted octanol–water partition coefficient (Wildman–Crippen LogP) is 21.3.